The number of hydrogen-bond donors (Lipinski definition) is 0. The maximum absolute atomic E-state index is 13.3. The van der Waals surface area contributed by atoms with Crippen LogP contribution in [0.25, 0.3) is 0 Å². The standard InChI is InChI=1S/C18H24N2O4S/c1-24-13-12-20-16-5-3-2-4-15(16)18(17(20)21)8-10-19(11-9-18)25(22,23)14-6-7-14/h2-5,14H,6-13H2,1H3. The van der Waals surface area contributed by atoms with Gasteiger partial charge in [0.25, 0.3) is 0 Å². The summed E-state index contributed by atoms with van der Waals surface area (Å²) in [6, 6.07) is 7.90. The molecule has 0 atom stereocenters. The fourth-order valence-electron chi connectivity index (χ4n) is 4.18. The summed E-state index contributed by atoms with van der Waals surface area (Å²) in [6.07, 6.45) is 2.66. The zero-order chi connectivity index (χ0) is 17.7. The van der Waals surface area contributed by atoms with E-state index >= 15 is 0 Å². The van der Waals surface area contributed by atoms with Crippen molar-refractivity contribution in [3.63, 3.8) is 0 Å². The van der Waals surface area contributed by atoms with Crippen LogP contribution in [-0.2, 0) is 25.0 Å². The second-order valence-corrected chi connectivity index (χ2v) is 9.41. The van der Waals surface area contributed by atoms with Crippen LogP contribution in [0.5, 0.6) is 0 Å². The van der Waals surface area contributed by atoms with Gasteiger partial charge in [-0.05, 0) is 37.3 Å². The number of amides is 1. The van der Waals surface area contributed by atoms with Crippen LogP contribution in [0.2, 0.25) is 0 Å². The lowest BCUT2D eigenvalue weighted by Crippen LogP contribution is -2.51. The van der Waals surface area contributed by atoms with Crippen LogP contribution in [-0.4, -0.2) is 57.2 Å². The second kappa shape index (κ2) is 6.07. The summed E-state index contributed by atoms with van der Waals surface area (Å²) in [5.41, 5.74) is 1.41. The average molecular weight is 364 g/mol. The quantitative estimate of drug-likeness (QED) is 0.794. The average Bonchev–Trinajstić information content (AvgIpc) is 3.45. The fourth-order valence-corrected chi connectivity index (χ4v) is 6.03. The molecule has 0 radical (unpaired) electrons. The molecule has 1 aromatic carbocycles. The Bertz CT molecular complexity index is 780. The minimum absolute atomic E-state index is 0.0919. The van der Waals surface area contributed by atoms with E-state index in [4.69, 9.17) is 4.74 Å². The minimum Gasteiger partial charge on any atom is -0.383 e. The van der Waals surface area contributed by atoms with Gasteiger partial charge < -0.3 is 9.64 Å². The molecule has 0 N–H and O–H groups in total. The van der Waals surface area contributed by atoms with E-state index in [2.05, 4.69) is 0 Å². The van der Waals surface area contributed by atoms with Gasteiger partial charge in [0.1, 0.15) is 0 Å². The second-order valence-electron chi connectivity index (χ2n) is 7.19. The van der Waals surface area contributed by atoms with Crippen molar-refractivity contribution >= 4 is 21.6 Å². The van der Waals surface area contributed by atoms with Gasteiger partial charge in [-0.15, -0.1) is 0 Å². The first-order valence-electron chi connectivity index (χ1n) is 8.90. The monoisotopic (exact) mass is 364 g/mol. The Morgan fingerprint density at radius 1 is 1.20 bits per heavy atom. The van der Waals surface area contributed by atoms with Crippen molar-refractivity contribution < 1.29 is 17.9 Å². The van der Waals surface area contributed by atoms with Gasteiger partial charge in [0.2, 0.25) is 15.9 Å². The third-order valence-corrected chi connectivity index (χ3v) is 8.16. The van der Waals surface area contributed by atoms with Crippen LogP contribution < -0.4 is 4.90 Å². The molecule has 0 unspecified atom stereocenters. The normalized spacial score (nSPS) is 23.2. The first kappa shape index (κ1) is 17.0. The van der Waals surface area contributed by atoms with Crippen LogP contribution in [0.4, 0.5) is 5.69 Å². The molecule has 1 saturated heterocycles. The Balaban J connectivity index is 1.61. The summed E-state index contributed by atoms with van der Waals surface area (Å²) >= 11 is 0. The molecule has 0 bridgehead atoms. The van der Waals surface area contributed by atoms with E-state index in [-0.39, 0.29) is 11.2 Å². The van der Waals surface area contributed by atoms with Crippen molar-refractivity contribution in [3.05, 3.63) is 29.8 Å². The number of para-hydroxylation sites is 1. The number of nitrogens with zero attached hydrogens (tertiary/aromatic N) is 2. The van der Waals surface area contributed by atoms with Crippen LogP contribution in [0.15, 0.2) is 24.3 Å². The number of methoxy groups -OCH3 is 1. The number of sulfonamides is 1. The lowest BCUT2D eigenvalue weighted by atomic mass is 9.74. The first-order valence-corrected chi connectivity index (χ1v) is 10.4. The Morgan fingerprint density at radius 2 is 1.88 bits per heavy atom. The minimum atomic E-state index is -3.17. The number of carbonyl (C=O) groups is 1. The number of fused-ring (bicyclic) bond motifs is 2. The molecule has 0 aromatic heterocycles. The molecule has 2 aliphatic heterocycles. The van der Waals surface area contributed by atoms with Crippen molar-refractivity contribution in [1.29, 1.82) is 0 Å². The third-order valence-electron chi connectivity index (χ3n) is 5.77. The molecule has 1 saturated carbocycles. The molecule has 1 spiro atoms. The van der Waals surface area contributed by atoms with Gasteiger partial charge in [0, 0.05) is 32.4 Å². The zero-order valence-electron chi connectivity index (χ0n) is 14.5. The van der Waals surface area contributed by atoms with E-state index in [1.165, 1.54) is 0 Å². The number of rotatable bonds is 5. The van der Waals surface area contributed by atoms with Gasteiger partial charge in [-0.25, -0.2) is 12.7 Å². The summed E-state index contributed by atoms with van der Waals surface area (Å²) < 4.78 is 31.8. The van der Waals surface area contributed by atoms with E-state index < -0.39 is 15.4 Å². The number of carbonyl (C=O) groups excluding carboxylic acids is 1. The molecule has 1 aromatic rings. The van der Waals surface area contributed by atoms with Crippen molar-refractivity contribution in [2.24, 2.45) is 0 Å². The molecule has 3 aliphatic rings. The van der Waals surface area contributed by atoms with Gasteiger partial charge >= 0.3 is 0 Å². The van der Waals surface area contributed by atoms with E-state index in [1.54, 1.807) is 11.4 Å². The highest BCUT2D eigenvalue weighted by atomic mass is 32.2. The maximum atomic E-state index is 13.3. The molecule has 136 valence electrons. The molecule has 1 amide bonds. The predicted molar refractivity (Wildman–Crippen MR) is 95.1 cm³/mol. The number of ether oxygens (including phenoxy) is 1. The molecule has 6 nitrogen and oxygen atoms in total. The van der Waals surface area contributed by atoms with Gasteiger partial charge in [0.05, 0.1) is 17.3 Å². The Labute approximate surface area is 148 Å². The predicted octanol–water partition coefficient (Wildman–Crippen LogP) is 1.51. The fraction of sp³-hybridized carbons (Fsp3) is 0.611. The van der Waals surface area contributed by atoms with Crippen LogP contribution in [0, 0.1) is 0 Å². The van der Waals surface area contributed by atoms with Crippen molar-refractivity contribution in [1.82, 2.24) is 4.31 Å². The van der Waals surface area contributed by atoms with E-state index in [0.717, 1.165) is 24.1 Å². The smallest absolute Gasteiger partial charge is 0.237 e. The van der Waals surface area contributed by atoms with Crippen molar-refractivity contribution in [3.8, 4) is 0 Å². The van der Waals surface area contributed by atoms with E-state index in [9.17, 15) is 13.2 Å². The highest BCUT2D eigenvalue weighted by molar-refractivity contribution is 7.90. The Morgan fingerprint density at radius 3 is 2.52 bits per heavy atom. The highest BCUT2D eigenvalue weighted by Crippen LogP contribution is 2.48. The molecule has 4 rings (SSSR count). The summed E-state index contributed by atoms with van der Waals surface area (Å²) in [5.74, 6) is 0.0919. The van der Waals surface area contributed by atoms with Crippen molar-refractivity contribution in [2.45, 2.75) is 36.3 Å². The number of hydrogen-bond acceptors (Lipinski definition) is 4. The summed E-state index contributed by atoms with van der Waals surface area (Å²) in [5, 5.41) is -0.189. The number of benzene rings is 1. The van der Waals surface area contributed by atoms with Crippen LogP contribution >= 0.6 is 0 Å². The lowest BCUT2D eigenvalue weighted by molar-refractivity contribution is -0.124. The maximum Gasteiger partial charge on any atom is 0.237 e. The van der Waals surface area contributed by atoms with E-state index in [0.29, 0.717) is 39.1 Å². The first-order chi connectivity index (χ1) is 12.0. The largest absolute Gasteiger partial charge is 0.383 e. The number of piperidine rings is 1. The Hall–Kier alpha value is -1.44. The summed E-state index contributed by atoms with van der Waals surface area (Å²) in [7, 11) is -1.54. The van der Waals surface area contributed by atoms with Gasteiger partial charge in [-0.1, -0.05) is 18.2 Å². The van der Waals surface area contributed by atoms with Crippen molar-refractivity contribution in [2.75, 3.05) is 38.3 Å². The van der Waals surface area contributed by atoms with Gasteiger partial charge in [-0.3, -0.25) is 4.79 Å². The Kier molecular flexibility index (Phi) is 4.13. The lowest BCUT2D eigenvalue weighted by Gasteiger charge is -2.38. The van der Waals surface area contributed by atoms with Gasteiger partial charge in [-0.2, -0.15) is 0 Å². The third kappa shape index (κ3) is 2.60. The summed E-state index contributed by atoms with van der Waals surface area (Å²) in [4.78, 5) is 15.1. The molecular weight excluding hydrogens is 340 g/mol. The zero-order valence-corrected chi connectivity index (χ0v) is 15.3. The van der Waals surface area contributed by atoms with Gasteiger partial charge in [0.15, 0.2) is 0 Å². The topological polar surface area (TPSA) is 66.9 Å². The summed E-state index contributed by atoms with van der Waals surface area (Å²) in [6.45, 7) is 1.87. The molecule has 2 heterocycles. The molecule has 1 aliphatic carbocycles. The molecule has 2 fully saturated rings. The SMILES string of the molecule is COCCN1C(=O)C2(CCN(S(=O)(=O)C3CC3)CC2)c2ccccc21. The number of anilines is 1. The molecular formula is C18H24N2O4S. The highest BCUT2D eigenvalue weighted by Gasteiger charge is 2.53. The van der Waals surface area contributed by atoms with Crippen LogP contribution in [0.3, 0.4) is 0 Å². The molecule has 7 heteroatoms. The molecule has 25 heavy (non-hydrogen) atoms. The van der Waals surface area contributed by atoms with Crippen LogP contribution in [0.1, 0.15) is 31.2 Å². The van der Waals surface area contributed by atoms with E-state index in [1.807, 2.05) is 29.2 Å².